The van der Waals surface area contributed by atoms with E-state index in [4.69, 9.17) is 0 Å². The Morgan fingerprint density at radius 3 is 2.55 bits per heavy atom. The first kappa shape index (κ1) is 20.4. The summed E-state index contributed by atoms with van der Waals surface area (Å²) in [5.74, 6) is -0.266. The number of nitrogens with zero attached hydrogens (tertiary/aromatic N) is 4. The molecule has 0 aliphatic carbocycles. The smallest absolute Gasteiger partial charge is 0.247 e. The van der Waals surface area contributed by atoms with Crippen molar-refractivity contribution in [1.29, 1.82) is 0 Å². The van der Waals surface area contributed by atoms with Crippen LogP contribution in [0.1, 0.15) is 5.56 Å². The number of hydrogen-bond acceptors (Lipinski definition) is 4. The van der Waals surface area contributed by atoms with Crippen LogP contribution in [0.4, 0.5) is 5.69 Å². The monoisotopic (exact) mass is 434 g/mol. The average Bonchev–Trinajstić information content (AvgIpc) is 3.44. The normalized spacial score (nSPS) is 11.0. The van der Waals surface area contributed by atoms with Crippen molar-refractivity contribution in [2.24, 2.45) is 7.05 Å². The quantitative estimate of drug-likeness (QED) is 0.376. The molecule has 4 aromatic heterocycles. The van der Waals surface area contributed by atoms with Crippen molar-refractivity contribution >= 4 is 22.6 Å². The molecule has 2 N–H and O–H groups in total. The molecule has 0 fully saturated rings. The number of rotatable bonds is 5. The topological polar surface area (TPSA) is 88.5 Å². The van der Waals surface area contributed by atoms with Crippen LogP contribution in [-0.2, 0) is 11.8 Å². The van der Waals surface area contributed by atoms with E-state index in [0.717, 1.165) is 50.0 Å². The third-order valence-corrected chi connectivity index (χ3v) is 5.47. The van der Waals surface area contributed by atoms with Gasteiger partial charge < -0.3 is 10.3 Å². The molecule has 0 unspecified atom stereocenters. The highest BCUT2D eigenvalue weighted by atomic mass is 16.1. The highest BCUT2D eigenvalue weighted by Crippen LogP contribution is 2.34. The minimum Gasteiger partial charge on any atom is -0.346 e. The number of pyridine rings is 2. The van der Waals surface area contributed by atoms with Crippen molar-refractivity contribution in [3.05, 3.63) is 85.7 Å². The summed E-state index contributed by atoms with van der Waals surface area (Å²) in [6.45, 7) is 5.58. The zero-order valence-corrected chi connectivity index (χ0v) is 18.3. The van der Waals surface area contributed by atoms with E-state index in [1.165, 1.54) is 6.08 Å². The van der Waals surface area contributed by atoms with E-state index in [-0.39, 0.29) is 5.91 Å². The molecule has 0 spiro atoms. The van der Waals surface area contributed by atoms with Crippen molar-refractivity contribution in [2.45, 2.75) is 6.92 Å². The first-order valence-electron chi connectivity index (χ1n) is 10.5. The lowest BCUT2D eigenvalue weighted by Crippen LogP contribution is -2.07. The van der Waals surface area contributed by atoms with E-state index >= 15 is 0 Å². The fraction of sp³-hybridized carbons (Fsp3) is 0.0769. The molecule has 0 radical (unpaired) electrons. The zero-order chi connectivity index (χ0) is 22.9. The maximum atomic E-state index is 12.0. The molecule has 0 saturated heterocycles. The number of H-pyrrole nitrogens is 1. The van der Waals surface area contributed by atoms with Crippen molar-refractivity contribution < 1.29 is 4.79 Å². The Labute approximate surface area is 190 Å². The molecule has 1 amide bonds. The maximum absolute atomic E-state index is 12.0. The van der Waals surface area contributed by atoms with E-state index < -0.39 is 0 Å². The van der Waals surface area contributed by atoms with Gasteiger partial charge in [-0.15, -0.1) is 0 Å². The van der Waals surface area contributed by atoms with Gasteiger partial charge in [-0.05, 0) is 60.0 Å². The van der Waals surface area contributed by atoms with Gasteiger partial charge in [0.2, 0.25) is 5.91 Å². The molecular formula is C26H22N6O. The van der Waals surface area contributed by atoms with Crippen LogP contribution in [0.15, 0.2) is 80.2 Å². The van der Waals surface area contributed by atoms with Gasteiger partial charge in [-0.2, -0.15) is 5.10 Å². The summed E-state index contributed by atoms with van der Waals surface area (Å²) in [5.41, 5.74) is 8.41. The fourth-order valence-electron chi connectivity index (χ4n) is 3.90. The van der Waals surface area contributed by atoms with Crippen LogP contribution in [0, 0.1) is 6.92 Å². The predicted octanol–water partition coefficient (Wildman–Crippen LogP) is 5.13. The molecule has 0 aliphatic rings. The van der Waals surface area contributed by atoms with Gasteiger partial charge in [0.1, 0.15) is 5.65 Å². The van der Waals surface area contributed by atoms with Crippen LogP contribution >= 0.6 is 0 Å². The summed E-state index contributed by atoms with van der Waals surface area (Å²) >= 11 is 0. The van der Waals surface area contributed by atoms with Crippen LogP contribution in [0.5, 0.6) is 0 Å². The molecule has 7 nitrogen and oxygen atoms in total. The van der Waals surface area contributed by atoms with Crippen molar-refractivity contribution in [3.8, 4) is 33.4 Å². The minimum absolute atomic E-state index is 0.266. The third kappa shape index (κ3) is 4.04. The Morgan fingerprint density at radius 2 is 1.82 bits per heavy atom. The first-order chi connectivity index (χ1) is 16.0. The Balaban J connectivity index is 1.65. The van der Waals surface area contributed by atoms with Gasteiger partial charge in [-0.1, -0.05) is 6.58 Å². The number of hydrogen-bond donors (Lipinski definition) is 2. The molecular weight excluding hydrogens is 412 g/mol. The second-order valence-corrected chi connectivity index (χ2v) is 7.97. The van der Waals surface area contributed by atoms with Crippen molar-refractivity contribution in [3.63, 3.8) is 0 Å². The molecule has 0 aliphatic heterocycles. The molecule has 162 valence electrons. The molecule has 33 heavy (non-hydrogen) atoms. The number of anilines is 1. The largest absolute Gasteiger partial charge is 0.346 e. The van der Waals surface area contributed by atoms with Gasteiger partial charge in [0.15, 0.2) is 0 Å². The zero-order valence-electron chi connectivity index (χ0n) is 18.3. The van der Waals surface area contributed by atoms with E-state index in [0.29, 0.717) is 5.69 Å². The first-order valence-corrected chi connectivity index (χ1v) is 10.5. The maximum Gasteiger partial charge on any atom is 0.247 e. The molecule has 0 atom stereocenters. The third-order valence-electron chi connectivity index (χ3n) is 5.47. The van der Waals surface area contributed by atoms with Crippen LogP contribution in [0.3, 0.4) is 0 Å². The summed E-state index contributed by atoms with van der Waals surface area (Å²) < 4.78 is 1.75. The van der Waals surface area contributed by atoms with Crippen LogP contribution < -0.4 is 5.32 Å². The molecule has 5 aromatic rings. The number of carbonyl (C=O) groups excluding carboxylic acids is 1. The number of aryl methyl sites for hydroxylation is 2. The summed E-state index contributed by atoms with van der Waals surface area (Å²) in [4.78, 5) is 24.2. The number of amides is 1. The lowest BCUT2D eigenvalue weighted by molar-refractivity contribution is -0.111. The number of aromatic amines is 1. The number of carbonyl (C=O) groups is 1. The van der Waals surface area contributed by atoms with Crippen molar-refractivity contribution in [2.75, 3.05) is 5.32 Å². The predicted molar refractivity (Wildman–Crippen MR) is 131 cm³/mol. The van der Waals surface area contributed by atoms with Gasteiger partial charge in [-0.25, -0.2) is 4.98 Å². The average molecular weight is 435 g/mol. The van der Waals surface area contributed by atoms with Gasteiger partial charge in [0.25, 0.3) is 0 Å². The number of fused-ring (bicyclic) bond motifs is 1. The molecule has 5 rings (SSSR count). The fourth-order valence-corrected chi connectivity index (χ4v) is 3.90. The van der Waals surface area contributed by atoms with Gasteiger partial charge in [0, 0.05) is 71.4 Å². The van der Waals surface area contributed by atoms with E-state index in [1.54, 1.807) is 10.9 Å². The molecule has 0 bridgehead atoms. The molecule has 4 heterocycles. The lowest BCUT2D eigenvalue weighted by Gasteiger charge is -2.10. The van der Waals surface area contributed by atoms with Crippen LogP contribution in [0.2, 0.25) is 0 Å². The van der Waals surface area contributed by atoms with E-state index in [9.17, 15) is 4.79 Å². The van der Waals surface area contributed by atoms with Crippen molar-refractivity contribution in [1.82, 2.24) is 24.7 Å². The van der Waals surface area contributed by atoms with E-state index in [2.05, 4.69) is 50.1 Å². The summed E-state index contributed by atoms with van der Waals surface area (Å²) in [5, 5.41) is 8.16. The Bertz CT molecular complexity index is 1510. The Morgan fingerprint density at radius 1 is 1.00 bits per heavy atom. The van der Waals surface area contributed by atoms with Crippen LogP contribution in [0.25, 0.3) is 44.4 Å². The summed E-state index contributed by atoms with van der Waals surface area (Å²) in [6.07, 6.45) is 12.5. The second-order valence-electron chi connectivity index (χ2n) is 7.97. The standard InChI is InChI=1S/C26H22N6O/c1-4-25(33)31-22-7-17(6-18(8-22)21-13-30-32(3)15-21)19-9-23-24(14-29-26(23)28-12-19)20-5-16(2)10-27-11-20/h4-15H,1H2,2-3H3,(H,28,29)(H,31,33). The van der Waals surface area contributed by atoms with Gasteiger partial charge in [-0.3, -0.25) is 14.5 Å². The second kappa shape index (κ2) is 8.20. The Hall–Kier alpha value is -4.52. The number of benzene rings is 1. The van der Waals surface area contributed by atoms with Gasteiger partial charge >= 0.3 is 0 Å². The SMILES string of the molecule is C=CC(=O)Nc1cc(-c2cnc3[nH]cc(-c4cncc(C)c4)c3c2)cc(-c2cnn(C)c2)c1. The summed E-state index contributed by atoms with van der Waals surface area (Å²) in [6, 6.07) is 10.1. The molecule has 7 heteroatoms. The minimum atomic E-state index is -0.266. The number of nitrogens with one attached hydrogen (secondary N) is 2. The highest BCUT2D eigenvalue weighted by molar-refractivity contribution is 6.00. The Kier molecular flexibility index (Phi) is 5.06. The molecule has 1 aromatic carbocycles. The van der Waals surface area contributed by atoms with Gasteiger partial charge in [0.05, 0.1) is 6.20 Å². The highest BCUT2D eigenvalue weighted by Gasteiger charge is 2.12. The van der Waals surface area contributed by atoms with Crippen LogP contribution in [-0.4, -0.2) is 30.6 Å². The van der Waals surface area contributed by atoms with E-state index in [1.807, 2.05) is 57.1 Å². The molecule has 0 saturated carbocycles. The summed E-state index contributed by atoms with van der Waals surface area (Å²) in [7, 11) is 1.87. The number of aromatic nitrogens is 5. The lowest BCUT2D eigenvalue weighted by atomic mass is 9.98.